The number of hydrogen-bond donors (Lipinski definition) is 1. The minimum atomic E-state index is -0.137. The van der Waals surface area contributed by atoms with Crippen LogP contribution in [0.15, 0.2) is 28.4 Å². The summed E-state index contributed by atoms with van der Waals surface area (Å²) in [4.78, 5) is 14.6. The highest BCUT2D eigenvalue weighted by Crippen LogP contribution is 2.17. The van der Waals surface area contributed by atoms with Gasteiger partial charge in [-0.3, -0.25) is 4.79 Å². The monoisotopic (exact) mass is 135 g/mol. The summed E-state index contributed by atoms with van der Waals surface area (Å²) < 4.78 is 0. The first-order valence-corrected chi connectivity index (χ1v) is 3.09. The highest BCUT2D eigenvalue weighted by atomic mass is 16.1. The molecule has 3 heteroatoms. The van der Waals surface area contributed by atoms with Crippen molar-refractivity contribution in [3.8, 4) is 0 Å². The van der Waals surface area contributed by atoms with Crippen molar-refractivity contribution in [1.82, 2.24) is 5.32 Å². The van der Waals surface area contributed by atoms with Crippen LogP contribution in [0.1, 0.15) is 1.43 Å². The van der Waals surface area contributed by atoms with Crippen molar-refractivity contribution in [2.24, 2.45) is 4.99 Å². The van der Waals surface area contributed by atoms with Crippen LogP contribution in [-0.4, -0.2) is 18.7 Å². The van der Waals surface area contributed by atoms with Crippen molar-refractivity contribution < 1.29 is 6.22 Å². The van der Waals surface area contributed by atoms with Crippen LogP contribution in [0, 0.1) is 0 Å². The number of aliphatic imine (C=N–C) groups is 1. The molecule has 2 heterocycles. The van der Waals surface area contributed by atoms with E-state index in [1.807, 2.05) is 6.08 Å². The minimum absolute atomic E-state index is 0. The van der Waals surface area contributed by atoms with Gasteiger partial charge in [-0.1, -0.05) is 0 Å². The van der Waals surface area contributed by atoms with Gasteiger partial charge in [-0.05, 0) is 11.6 Å². The summed E-state index contributed by atoms with van der Waals surface area (Å²) in [6.45, 7) is 0.757. The van der Waals surface area contributed by atoms with Gasteiger partial charge in [0.2, 0.25) is 0 Å². The van der Waals surface area contributed by atoms with Crippen LogP contribution in [0.5, 0.6) is 0 Å². The number of allylic oxidation sites excluding steroid dienone is 1. The summed E-state index contributed by atoms with van der Waals surface area (Å²) in [6.07, 6.45) is 5.11. The fraction of sp³-hybridized carbons (Fsp3) is 0.143. The van der Waals surface area contributed by atoms with Crippen LogP contribution in [0.4, 0.5) is 0 Å². The van der Waals surface area contributed by atoms with E-state index in [2.05, 4.69) is 10.3 Å². The molecule has 1 N–H and O–H groups in total. The topological polar surface area (TPSA) is 41.5 Å². The Hall–Kier alpha value is -1.38. The molecule has 0 aromatic heterocycles. The predicted molar refractivity (Wildman–Crippen MR) is 38.8 cm³/mol. The van der Waals surface area contributed by atoms with Crippen molar-refractivity contribution in [2.75, 3.05) is 6.54 Å². The molecule has 0 spiro atoms. The molecule has 0 bridgehead atoms. The van der Waals surface area contributed by atoms with Crippen LogP contribution in [0.25, 0.3) is 0 Å². The summed E-state index contributed by atoms with van der Waals surface area (Å²) in [7, 11) is 0. The van der Waals surface area contributed by atoms with Gasteiger partial charge in [0, 0.05) is 19.0 Å². The molecule has 0 aromatic carbocycles. The van der Waals surface area contributed by atoms with E-state index in [1.54, 1.807) is 12.4 Å². The van der Waals surface area contributed by atoms with E-state index in [0.29, 0.717) is 5.57 Å². The number of amides is 1. The number of dihydropyridines is 1. The lowest BCUT2D eigenvalue weighted by molar-refractivity contribution is -0.114. The Labute approximate surface area is 59.6 Å². The van der Waals surface area contributed by atoms with Crippen molar-refractivity contribution in [2.45, 2.75) is 0 Å². The first-order chi connectivity index (χ1) is 4.88. The molecule has 0 aliphatic carbocycles. The molecule has 3 nitrogen and oxygen atoms in total. The molecule has 0 atom stereocenters. The predicted octanol–water partition coefficient (Wildman–Crippen LogP) is 0.123. The molecule has 2 aliphatic rings. The zero-order valence-corrected chi connectivity index (χ0v) is 5.29. The number of carbonyl (C=O) groups is 1. The maximum Gasteiger partial charge on any atom is 1.00 e. The van der Waals surface area contributed by atoms with Gasteiger partial charge in [-0.15, -0.1) is 0 Å². The average Bonchev–Trinajstić information content (AvgIpc) is 2.36. The van der Waals surface area contributed by atoms with Crippen molar-refractivity contribution in [3.63, 3.8) is 0 Å². The second kappa shape index (κ2) is 1.80. The second-order valence-electron chi connectivity index (χ2n) is 2.21. The lowest BCUT2D eigenvalue weighted by Gasteiger charge is -2.01. The third kappa shape index (κ3) is 0.603. The van der Waals surface area contributed by atoms with Gasteiger partial charge in [0.05, 0.1) is 5.57 Å². The Bertz CT molecular complexity index is 278. The number of rotatable bonds is 0. The van der Waals surface area contributed by atoms with Gasteiger partial charge >= 0.3 is 1.43 Å². The van der Waals surface area contributed by atoms with Crippen LogP contribution in [0.2, 0.25) is 0 Å². The number of carbonyl (C=O) groups excluding carboxylic acids is 1. The maximum atomic E-state index is 10.9. The van der Waals surface area contributed by atoms with Crippen LogP contribution >= 0.6 is 0 Å². The maximum absolute atomic E-state index is 10.9. The molecule has 0 radical (unpaired) electrons. The molecule has 1 amide bonds. The molecule has 50 valence electrons. The summed E-state index contributed by atoms with van der Waals surface area (Å²) >= 11 is 0. The first-order valence-electron chi connectivity index (χ1n) is 3.09. The van der Waals surface area contributed by atoms with Gasteiger partial charge in [0.25, 0.3) is 5.91 Å². The molecule has 0 fully saturated rings. The molecule has 0 aromatic rings. The number of nitrogens with zero attached hydrogens (tertiary/aromatic N) is 1. The van der Waals surface area contributed by atoms with E-state index < -0.39 is 0 Å². The summed E-state index contributed by atoms with van der Waals surface area (Å²) in [5, 5.41) is 2.96. The molecule has 0 saturated heterocycles. The highest BCUT2D eigenvalue weighted by molar-refractivity contribution is 6.07. The van der Waals surface area contributed by atoms with Gasteiger partial charge in [0.1, 0.15) is 0 Å². The third-order valence-corrected chi connectivity index (χ3v) is 1.58. The normalized spacial score (nSPS) is 21.4. The van der Waals surface area contributed by atoms with Crippen molar-refractivity contribution >= 4 is 12.1 Å². The molecule has 2 rings (SSSR count). The Morgan fingerprint density at radius 2 is 2.60 bits per heavy atom. The zero-order chi connectivity index (χ0) is 6.97. The Morgan fingerprint density at radius 1 is 1.70 bits per heavy atom. The lowest BCUT2D eigenvalue weighted by Crippen LogP contribution is -2.06. The SMILES string of the molecule is O=C1N=CC=C2CNC=C12.[H+]. The van der Waals surface area contributed by atoms with E-state index in [4.69, 9.17) is 0 Å². The summed E-state index contributed by atoms with van der Waals surface area (Å²) in [5.41, 5.74) is 1.75. The quantitative estimate of drug-likeness (QED) is 0.512. The van der Waals surface area contributed by atoms with Crippen LogP contribution in [-0.2, 0) is 4.79 Å². The van der Waals surface area contributed by atoms with E-state index in [0.717, 1.165) is 12.1 Å². The van der Waals surface area contributed by atoms with Gasteiger partial charge in [-0.25, -0.2) is 4.99 Å². The number of nitrogens with one attached hydrogen (secondary N) is 1. The fourth-order valence-electron chi connectivity index (χ4n) is 1.06. The number of hydrogen-bond acceptors (Lipinski definition) is 2. The van der Waals surface area contributed by atoms with E-state index in [9.17, 15) is 4.79 Å². The van der Waals surface area contributed by atoms with Gasteiger partial charge in [0.15, 0.2) is 0 Å². The average molecular weight is 135 g/mol. The molecule has 0 unspecified atom stereocenters. The smallest absolute Gasteiger partial charge is 0.386 e. The van der Waals surface area contributed by atoms with E-state index in [-0.39, 0.29) is 7.33 Å². The van der Waals surface area contributed by atoms with Crippen molar-refractivity contribution in [1.29, 1.82) is 0 Å². The van der Waals surface area contributed by atoms with Crippen LogP contribution < -0.4 is 5.32 Å². The molecule has 2 aliphatic heterocycles. The van der Waals surface area contributed by atoms with Gasteiger partial charge in [-0.2, -0.15) is 0 Å². The fourth-order valence-corrected chi connectivity index (χ4v) is 1.06. The molecular formula is C7H7N2O+. The standard InChI is InChI=1S/C7H6N2O/c10-7-6-4-8-3-5(6)1-2-9-7/h1-2,4,8H,3H2/p+1. The van der Waals surface area contributed by atoms with Crippen molar-refractivity contribution in [3.05, 3.63) is 23.4 Å². The number of fused-ring (bicyclic) bond motifs is 1. The molecule has 0 saturated carbocycles. The largest absolute Gasteiger partial charge is 1.00 e. The summed E-state index contributed by atoms with van der Waals surface area (Å²) in [5.74, 6) is -0.137. The van der Waals surface area contributed by atoms with E-state index >= 15 is 0 Å². The lowest BCUT2D eigenvalue weighted by atomic mass is 10.1. The molecule has 10 heavy (non-hydrogen) atoms. The Kier molecular flexibility index (Phi) is 0.974. The first kappa shape index (κ1) is 5.41. The third-order valence-electron chi connectivity index (χ3n) is 1.58. The van der Waals surface area contributed by atoms with E-state index in [1.165, 1.54) is 0 Å². The molecular weight excluding hydrogens is 128 g/mol. The zero-order valence-electron chi connectivity index (χ0n) is 6.29. The highest BCUT2D eigenvalue weighted by Gasteiger charge is 2.19. The Balaban J connectivity index is 0.000000605. The Morgan fingerprint density at radius 3 is 3.40 bits per heavy atom. The van der Waals surface area contributed by atoms with Crippen LogP contribution in [0.3, 0.4) is 0 Å². The second-order valence-corrected chi connectivity index (χ2v) is 2.21. The summed E-state index contributed by atoms with van der Waals surface area (Å²) in [6, 6.07) is 0. The minimum Gasteiger partial charge on any atom is -0.386 e. The van der Waals surface area contributed by atoms with Gasteiger partial charge < -0.3 is 5.32 Å².